The third-order valence-electron chi connectivity index (χ3n) is 2.64. The van der Waals surface area contributed by atoms with Crippen molar-refractivity contribution in [1.82, 2.24) is 19.9 Å². The Balaban J connectivity index is 2.39. The van der Waals surface area contributed by atoms with E-state index in [1.165, 1.54) is 12.4 Å². The predicted molar refractivity (Wildman–Crippen MR) is 74.8 cm³/mol. The van der Waals surface area contributed by atoms with Crippen molar-refractivity contribution < 1.29 is 9.90 Å². The molecule has 0 spiro atoms. The molecule has 1 amide bonds. The van der Waals surface area contributed by atoms with Gasteiger partial charge in [0.05, 0.1) is 16.0 Å². The lowest BCUT2D eigenvalue weighted by atomic mass is 10.3. The number of nitrogens with zero attached hydrogens (tertiary/aromatic N) is 3. The third kappa shape index (κ3) is 2.68. The predicted octanol–water partition coefficient (Wildman–Crippen LogP) is 1.60. The van der Waals surface area contributed by atoms with Crippen molar-refractivity contribution in [1.29, 1.82) is 0 Å². The summed E-state index contributed by atoms with van der Waals surface area (Å²) in [5.41, 5.74) is 6.40. The molecule has 0 saturated heterocycles. The zero-order chi connectivity index (χ0) is 14.0. The highest BCUT2D eigenvalue weighted by Gasteiger charge is 2.15. The van der Waals surface area contributed by atoms with E-state index in [1.807, 2.05) is 0 Å². The number of rotatable bonds is 4. The lowest BCUT2D eigenvalue weighted by Gasteiger charge is -2.14. The second kappa shape index (κ2) is 5.27. The van der Waals surface area contributed by atoms with Gasteiger partial charge in [-0.15, -0.1) is 6.58 Å². The van der Waals surface area contributed by atoms with Crippen molar-refractivity contribution in [2.45, 2.75) is 12.6 Å². The summed E-state index contributed by atoms with van der Waals surface area (Å²) in [4.78, 5) is 18.7. The van der Waals surface area contributed by atoms with Crippen molar-refractivity contribution in [2.24, 2.45) is 0 Å². The van der Waals surface area contributed by atoms with Gasteiger partial charge in [-0.3, -0.25) is 0 Å². The molecule has 2 heterocycles. The maximum Gasteiger partial charge on any atom is 0.405 e. The highest BCUT2D eigenvalue weighted by atomic mass is 79.9. The molecule has 1 unspecified atom stereocenters. The fourth-order valence-electron chi connectivity index (χ4n) is 1.76. The molecule has 0 fully saturated rings. The number of nitrogen functional groups attached to an aromatic ring is 1. The summed E-state index contributed by atoms with van der Waals surface area (Å²) in [6.07, 6.45) is 1.79. The number of nitrogens with one attached hydrogen (secondary N) is 1. The monoisotopic (exact) mass is 325 g/mol. The number of nitrogens with two attached hydrogens (primary N) is 1. The summed E-state index contributed by atoms with van der Waals surface area (Å²) in [5, 5.41) is 11.8. The first-order valence-corrected chi connectivity index (χ1v) is 6.19. The van der Waals surface area contributed by atoms with E-state index in [1.54, 1.807) is 10.6 Å². The fourth-order valence-corrected chi connectivity index (χ4v) is 2.30. The number of aromatic nitrogens is 3. The van der Waals surface area contributed by atoms with Gasteiger partial charge in [0.2, 0.25) is 0 Å². The van der Waals surface area contributed by atoms with E-state index in [0.29, 0.717) is 23.4 Å². The number of carbonyl (C=O) groups is 1. The van der Waals surface area contributed by atoms with Gasteiger partial charge in [0.1, 0.15) is 17.8 Å². The molecule has 8 heteroatoms. The Morgan fingerprint density at radius 1 is 1.68 bits per heavy atom. The fraction of sp³-hybridized carbons (Fsp3) is 0.182. The summed E-state index contributed by atoms with van der Waals surface area (Å²) >= 11 is 3.40. The first-order valence-electron chi connectivity index (χ1n) is 5.40. The first kappa shape index (κ1) is 13.3. The molecule has 0 radical (unpaired) electrons. The van der Waals surface area contributed by atoms with Crippen LogP contribution in [-0.2, 0) is 6.54 Å². The molecule has 100 valence electrons. The van der Waals surface area contributed by atoms with Crippen LogP contribution in [0.3, 0.4) is 0 Å². The van der Waals surface area contributed by atoms with Crippen LogP contribution in [0, 0.1) is 0 Å². The van der Waals surface area contributed by atoms with E-state index in [-0.39, 0.29) is 0 Å². The lowest BCUT2D eigenvalue weighted by molar-refractivity contribution is 0.191. The molecule has 19 heavy (non-hydrogen) atoms. The third-order valence-corrected chi connectivity index (χ3v) is 3.30. The van der Waals surface area contributed by atoms with Crippen LogP contribution in [-0.4, -0.2) is 31.8 Å². The van der Waals surface area contributed by atoms with Gasteiger partial charge in [-0.2, -0.15) is 0 Å². The molecule has 2 aromatic heterocycles. The SMILES string of the molecule is C=CC(Cn1c(Br)cc2c(N)ncnc21)NC(=O)O. The number of halogens is 1. The van der Waals surface area contributed by atoms with Crippen molar-refractivity contribution in [2.75, 3.05) is 5.73 Å². The van der Waals surface area contributed by atoms with Crippen molar-refractivity contribution in [3.63, 3.8) is 0 Å². The van der Waals surface area contributed by atoms with Crippen molar-refractivity contribution >= 4 is 38.9 Å². The van der Waals surface area contributed by atoms with E-state index in [4.69, 9.17) is 10.8 Å². The summed E-state index contributed by atoms with van der Waals surface area (Å²) in [7, 11) is 0. The Morgan fingerprint density at radius 3 is 3.05 bits per heavy atom. The standard InChI is InChI=1S/C11H12BrN5O2/c1-2-6(16-11(18)19)4-17-8(12)3-7-9(13)14-5-15-10(7)17/h2-3,5-6,16H,1,4H2,(H,18,19)(H2,13,14,15). The van der Waals surface area contributed by atoms with E-state index in [2.05, 4.69) is 37.8 Å². The molecule has 2 aromatic rings. The van der Waals surface area contributed by atoms with E-state index in [9.17, 15) is 4.79 Å². The van der Waals surface area contributed by atoms with Crippen LogP contribution in [0.15, 0.2) is 29.7 Å². The molecule has 0 bridgehead atoms. The van der Waals surface area contributed by atoms with Gasteiger partial charge in [-0.05, 0) is 22.0 Å². The van der Waals surface area contributed by atoms with Gasteiger partial charge in [0.25, 0.3) is 0 Å². The number of carboxylic acid groups (broad SMARTS) is 1. The summed E-state index contributed by atoms with van der Waals surface area (Å²) in [6, 6.07) is 1.37. The maximum absolute atomic E-state index is 10.7. The van der Waals surface area contributed by atoms with Crippen LogP contribution in [0.1, 0.15) is 0 Å². The molecule has 2 rings (SSSR count). The average Bonchev–Trinajstić information content (AvgIpc) is 2.67. The summed E-state index contributed by atoms with van der Waals surface area (Å²) < 4.78 is 2.55. The summed E-state index contributed by atoms with van der Waals surface area (Å²) in [6.45, 7) is 3.97. The van der Waals surface area contributed by atoms with Crippen LogP contribution in [0.4, 0.5) is 10.6 Å². The van der Waals surface area contributed by atoms with Crippen molar-refractivity contribution in [3.8, 4) is 0 Å². The number of hydrogen-bond donors (Lipinski definition) is 3. The van der Waals surface area contributed by atoms with Crippen LogP contribution in [0.25, 0.3) is 11.0 Å². The number of amides is 1. The minimum Gasteiger partial charge on any atom is -0.465 e. The molecule has 0 aliphatic rings. The zero-order valence-electron chi connectivity index (χ0n) is 9.88. The van der Waals surface area contributed by atoms with Crippen LogP contribution >= 0.6 is 15.9 Å². The Hall–Kier alpha value is -2.09. The molecule has 4 N–H and O–H groups in total. The van der Waals surface area contributed by atoms with Gasteiger partial charge in [-0.1, -0.05) is 6.08 Å². The second-order valence-corrected chi connectivity index (χ2v) is 4.68. The Morgan fingerprint density at radius 2 is 2.42 bits per heavy atom. The highest BCUT2D eigenvalue weighted by molar-refractivity contribution is 9.10. The van der Waals surface area contributed by atoms with Gasteiger partial charge >= 0.3 is 6.09 Å². The molecular weight excluding hydrogens is 314 g/mol. The Kier molecular flexibility index (Phi) is 3.70. The molecule has 7 nitrogen and oxygen atoms in total. The van der Waals surface area contributed by atoms with Crippen LogP contribution in [0.5, 0.6) is 0 Å². The molecule has 0 aliphatic carbocycles. The largest absolute Gasteiger partial charge is 0.465 e. The van der Waals surface area contributed by atoms with Crippen LogP contribution in [0.2, 0.25) is 0 Å². The minimum atomic E-state index is -1.10. The van der Waals surface area contributed by atoms with E-state index < -0.39 is 12.1 Å². The first-order chi connectivity index (χ1) is 9.02. The smallest absolute Gasteiger partial charge is 0.405 e. The lowest BCUT2D eigenvalue weighted by Crippen LogP contribution is -2.35. The quantitative estimate of drug-likeness (QED) is 0.740. The molecule has 0 aliphatic heterocycles. The van der Waals surface area contributed by atoms with Crippen molar-refractivity contribution in [3.05, 3.63) is 29.7 Å². The molecular formula is C11H12BrN5O2. The topological polar surface area (TPSA) is 106 Å². The maximum atomic E-state index is 10.7. The van der Waals surface area contributed by atoms with Gasteiger partial charge < -0.3 is 20.7 Å². The Bertz CT molecular complexity index is 639. The second-order valence-electron chi connectivity index (χ2n) is 3.87. The van der Waals surface area contributed by atoms with Gasteiger partial charge in [-0.25, -0.2) is 14.8 Å². The van der Waals surface area contributed by atoms with Crippen LogP contribution < -0.4 is 11.1 Å². The minimum absolute atomic E-state index is 0.357. The molecule has 0 aromatic carbocycles. The molecule has 0 saturated carbocycles. The number of fused-ring (bicyclic) bond motifs is 1. The number of anilines is 1. The summed E-state index contributed by atoms with van der Waals surface area (Å²) in [5.74, 6) is 0.380. The molecule has 1 atom stereocenters. The highest BCUT2D eigenvalue weighted by Crippen LogP contribution is 2.25. The number of hydrogen-bond acceptors (Lipinski definition) is 4. The zero-order valence-corrected chi connectivity index (χ0v) is 11.5. The van der Waals surface area contributed by atoms with E-state index in [0.717, 1.165) is 4.60 Å². The average molecular weight is 326 g/mol. The van der Waals surface area contributed by atoms with Gasteiger partial charge in [0.15, 0.2) is 0 Å². The van der Waals surface area contributed by atoms with Gasteiger partial charge in [0, 0.05) is 6.54 Å². The van der Waals surface area contributed by atoms with E-state index >= 15 is 0 Å². The normalized spacial score (nSPS) is 12.3. The Labute approximate surface area is 117 Å².